The Morgan fingerprint density at radius 3 is 2.53 bits per heavy atom. The highest BCUT2D eigenvalue weighted by Crippen LogP contribution is 2.28. The normalized spacial score (nSPS) is 10.8. The number of hydrogen-bond donors (Lipinski definition) is 1. The van der Waals surface area contributed by atoms with Crippen LogP contribution < -0.4 is 5.73 Å². The summed E-state index contributed by atoms with van der Waals surface area (Å²) in [5.41, 5.74) is 8.43. The third kappa shape index (κ3) is 2.30. The van der Waals surface area contributed by atoms with E-state index < -0.39 is 0 Å². The molecule has 0 radical (unpaired) electrons. The predicted molar refractivity (Wildman–Crippen MR) is 77.9 cm³/mol. The fourth-order valence-corrected chi connectivity index (χ4v) is 2.23. The molecule has 3 nitrogen and oxygen atoms in total. The minimum atomic E-state index is 0.318. The van der Waals surface area contributed by atoms with Crippen LogP contribution in [0.15, 0.2) is 48.5 Å². The van der Waals surface area contributed by atoms with Gasteiger partial charge < -0.3 is 5.73 Å². The lowest BCUT2D eigenvalue weighted by molar-refractivity contribution is 0.929. The van der Waals surface area contributed by atoms with Crippen molar-refractivity contribution in [2.24, 2.45) is 5.73 Å². The van der Waals surface area contributed by atoms with Crippen LogP contribution in [0, 0.1) is 0 Å². The lowest BCUT2D eigenvalue weighted by Crippen LogP contribution is -2.04. The van der Waals surface area contributed by atoms with E-state index in [1.165, 1.54) is 0 Å². The number of rotatable bonds is 2. The summed E-state index contributed by atoms with van der Waals surface area (Å²) in [5.74, 6) is 0.633. The van der Waals surface area contributed by atoms with Crippen molar-refractivity contribution in [3.05, 3.63) is 59.4 Å². The minimum absolute atomic E-state index is 0.318. The molecule has 19 heavy (non-hydrogen) atoms. The van der Waals surface area contributed by atoms with Crippen LogP contribution in [-0.4, -0.2) is 9.97 Å². The molecule has 3 rings (SSSR count). The summed E-state index contributed by atoms with van der Waals surface area (Å²) in [6.45, 7) is 0.318. The Labute approximate surface area is 116 Å². The number of halogens is 1. The number of fused-ring (bicyclic) bond motifs is 1. The van der Waals surface area contributed by atoms with E-state index >= 15 is 0 Å². The molecule has 4 heteroatoms. The van der Waals surface area contributed by atoms with Gasteiger partial charge in [0, 0.05) is 16.0 Å². The Kier molecular flexibility index (Phi) is 3.15. The molecule has 1 aromatic heterocycles. The fraction of sp³-hybridized carbons (Fsp3) is 0.0667. The Balaban J connectivity index is 2.35. The van der Waals surface area contributed by atoms with Crippen LogP contribution in [0.5, 0.6) is 0 Å². The summed E-state index contributed by atoms with van der Waals surface area (Å²) < 4.78 is 0. The predicted octanol–water partition coefficient (Wildman–Crippen LogP) is 3.41. The third-order valence-electron chi connectivity index (χ3n) is 2.93. The van der Waals surface area contributed by atoms with Gasteiger partial charge in [-0.3, -0.25) is 0 Å². The van der Waals surface area contributed by atoms with Crippen molar-refractivity contribution in [2.75, 3.05) is 0 Å². The largest absolute Gasteiger partial charge is 0.324 e. The zero-order valence-electron chi connectivity index (χ0n) is 10.2. The monoisotopic (exact) mass is 269 g/mol. The molecule has 0 spiro atoms. The molecular weight excluding hydrogens is 258 g/mol. The number of nitrogens with zero attached hydrogens (tertiary/aromatic N) is 2. The fourth-order valence-electron chi connectivity index (χ4n) is 2.06. The van der Waals surface area contributed by atoms with Crippen LogP contribution in [0.25, 0.3) is 22.2 Å². The van der Waals surface area contributed by atoms with Gasteiger partial charge in [-0.1, -0.05) is 41.9 Å². The van der Waals surface area contributed by atoms with E-state index in [4.69, 9.17) is 17.3 Å². The first kappa shape index (κ1) is 12.1. The average molecular weight is 270 g/mol. The second-order valence-electron chi connectivity index (χ2n) is 4.22. The Bertz CT molecular complexity index is 726. The van der Waals surface area contributed by atoms with E-state index in [-0.39, 0.29) is 0 Å². The molecule has 1 heterocycles. The van der Waals surface area contributed by atoms with E-state index in [9.17, 15) is 0 Å². The Morgan fingerprint density at radius 1 is 1.00 bits per heavy atom. The molecule has 0 saturated heterocycles. The van der Waals surface area contributed by atoms with Gasteiger partial charge in [-0.15, -0.1) is 0 Å². The highest BCUT2D eigenvalue weighted by molar-refractivity contribution is 6.31. The quantitative estimate of drug-likeness (QED) is 0.776. The summed E-state index contributed by atoms with van der Waals surface area (Å²) in [6.07, 6.45) is 0. The molecule has 0 atom stereocenters. The summed E-state index contributed by atoms with van der Waals surface area (Å²) in [6, 6.07) is 15.6. The first-order valence-electron chi connectivity index (χ1n) is 5.99. The van der Waals surface area contributed by atoms with Crippen molar-refractivity contribution in [1.29, 1.82) is 0 Å². The zero-order valence-corrected chi connectivity index (χ0v) is 10.9. The first-order valence-corrected chi connectivity index (χ1v) is 6.37. The van der Waals surface area contributed by atoms with Crippen molar-refractivity contribution in [1.82, 2.24) is 9.97 Å². The molecule has 3 aromatic rings. The molecule has 94 valence electrons. The average Bonchev–Trinajstić information content (AvgIpc) is 2.47. The molecule has 0 unspecified atom stereocenters. The Hall–Kier alpha value is -1.97. The minimum Gasteiger partial charge on any atom is -0.324 e. The maximum Gasteiger partial charge on any atom is 0.143 e. The second-order valence-corrected chi connectivity index (χ2v) is 4.66. The van der Waals surface area contributed by atoms with Crippen molar-refractivity contribution >= 4 is 22.5 Å². The van der Waals surface area contributed by atoms with Gasteiger partial charge in [0.25, 0.3) is 0 Å². The van der Waals surface area contributed by atoms with Gasteiger partial charge in [0.2, 0.25) is 0 Å². The number of aromatic nitrogens is 2. The molecule has 0 aliphatic carbocycles. The molecule has 0 aliphatic heterocycles. The standard InChI is InChI=1S/C15H12ClN3/c16-11-6-7-13-12(8-11)15(19-14(9-17)18-13)10-4-2-1-3-5-10/h1-8H,9,17H2. The summed E-state index contributed by atoms with van der Waals surface area (Å²) in [4.78, 5) is 8.96. The van der Waals surface area contributed by atoms with Gasteiger partial charge in [0.1, 0.15) is 5.82 Å². The highest BCUT2D eigenvalue weighted by Gasteiger charge is 2.09. The molecular formula is C15H12ClN3. The molecule has 0 fully saturated rings. The first-order chi connectivity index (χ1) is 9.28. The molecule has 0 bridgehead atoms. The highest BCUT2D eigenvalue weighted by atomic mass is 35.5. The van der Waals surface area contributed by atoms with Crippen molar-refractivity contribution in [2.45, 2.75) is 6.54 Å². The summed E-state index contributed by atoms with van der Waals surface area (Å²) in [7, 11) is 0. The number of benzene rings is 2. The number of nitrogens with two attached hydrogens (primary N) is 1. The van der Waals surface area contributed by atoms with Gasteiger partial charge in [-0.2, -0.15) is 0 Å². The van der Waals surface area contributed by atoms with Gasteiger partial charge in [0.05, 0.1) is 17.8 Å². The Morgan fingerprint density at radius 2 is 1.79 bits per heavy atom. The van der Waals surface area contributed by atoms with Gasteiger partial charge in [-0.25, -0.2) is 9.97 Å². The van der Waals surface area contributed by atoms with Gasteiger partial charge >= 0.3 is 0 Å². The summed E-state index contributed by atoms with van der Waals surface area (Å²) >= 11 is 6.07. The van der Waals surface area contributed by atoms with Crippen molar-refractivity contribution in [3.8, 4) is 11.3 Å². The smallest absolute Gasteiger partial charge is 0.143 e. The zero-order chi connectivity index (χ0) is 13.2. The number of hydrogen-bond acceptors (Lipinski definition) is 3. The maximum absolute atomic E-state index is 6.07. The van der Waals surface area contributed by atoms with E-state index in [0.29, 0.717) is 17.4 Å². The molecule has 2 aromatic carbocycles. The van der Waals surface area contributed by atoms with Gasteiger partial charge in [0.15, 0.2) is 0 Å². The second kappa shape index (κ2) is 4.96. The van der Waals surface area contributed by atoms with Crippen LogP contribution >= 0.6 is 11.6 Å². The van der Waals surface area contributed by atoms with E-state index in [2.05, 4.69) is 9.97 Å². The van der Waals surface area contributed by atoms with Gasteiger partial charge in [-0.05, 0) is 18.2 Å². The molecule has 0 saturated carbocycles. The third-order valence-corrected chi connectivity index (χ3v) is 3.17. The topological polar surface area (TPSA) is 51.8 Å². The SMILES string of the molecule is NCc1nc(-c2ccccc2)c2cc(Cl)ccc2n1. The van der Waals surface area contributed by atoms with Crippen LogP contribution in [0.1, 0.15) is 5.82 Å². The molecule has 2 N–H and O–H groups in total. The van der Waals surface area contributed by atoms with Crippen LogP contribution in [0.3, 0.4) is 0 Å². The van der Waals surface area contributed by atoms with Crippen molar-refractivity contribution < 1.29 is 0 Å². The van der Waals surface area contributed by atoms with E-state index in [1.807, 2.05) is 48.5 Å². The van der Waals surface area contributed by atoms with Crippen LogP contribution in [0.4, 0.5) is 0 Å². The van der Waals surface area contributed by atoms with Crippen LogP contribution in [-0.2, 0) is 6.54 Å². The van der Waals surface area contributed by atoms with Crippen molar-refractivity contribution in [3.63, 3.8) is 0 Å². The molecule has 0 aliphatic rings. The lowest BCUT2D eigenvalue weighted by Gasteiger charge is -2.08. The summed E-state index contributed by atoms with van der Waals surface area (Å²) in [5, 5.41) is 1.62. The maximum atomic E-state index is 6.07. The van der Waals surface area contributed by atoms with E-state index in [1.54, 1.807) is 0 Å². The lowest BCUT2D eigenvalue weighted by atomic mass is 10.1. The molecule has 0 amide bonds. The van der Waals surface area contributed by atoms with E-state index in [0.717, 1.165) is 22.2 Å². The van der Waals surface area contributed by atoms with Crippen LogP contribution in [0.2, 0.25) is 5.02 Å².